The van der Waals surface area contributed by atoms with E-state index in [4.69, 9.17) is 0 Å². The minimum absolute atomic E-state index is 0.0894. The number of fused-ring (bicyclic) bond motifs is 2. The third kappa shape index (κ3) is 3.21. The average molecular weight is 407 g/mol. The molecule has 0 amide bonds. The third-order valence-corrected chi connectivity index (χ3v) is 5.83. The molecule has 7 nitrogen and oxygen atoms in total. The van der Waals surface area contributed by atoms with Gasteiger partial charge in [0.25, 0.3) is 0 Å². The first kappa shape index (κ1) is 20.0. The van der Waals surface area contributed by atoms with Gasteiger partial charge in [-0.15, -0.1) is 0 Å². The Labute approximate surface area is 173 Å². The normalized spacial score (nSPS) is 13.7. The molecular formula is C23H25N3O4. The van der Waals surface area contributed by atoms with Crippen molar-refractivity contribution in [2.24, 2.45) is 13.0 Å². The van der Waals surface area contributed by atoms with E-state index in [1.807, 2.05) is 43.6 Å². The van der Waals surface area contributed by atoms with E-state index in [1.165, 1.54) is 11.5 Å². The number of aliphatic hydroxyl groups excluding tert-OH is 1. The van der Waals surface area contributed by atoms with Gasteiger partial charge < -0.3 is 14.8 Å². The first-order valence-electron chi connectivity index (χ1n) is 9.92. The summed E-state index contributed by atoms with van der Waals surface area (Å²) in [7, 11) is 1.98. The van der Waals surface area contributed by atoms with Gasteiger partial charge in [-0.05, 0) is 43.2 Å². The number of aliphatic carboxylic acids is 1. The molecule has 2 unspecified atom stereocenters. The summed E-state index contributed by atoms with van der Waals surface area (Å²) in [4.78, 5) is 24.9. The average Bonchev–Trinajstić information content (AvgIpc) is 3.15. The number of carbonyl (C=O) groups is 1. The second kappa shape index (κ2) is 7.50. The molecule has 2 heterocycles. The predicted molar refractivity (Wildman–Crippen MR) is 116 cm³/mol. The lowest BCUT2D eigenvalue weighted by Crippen LogP contribution is -2.34. The lowest BCUT2D eigenvalue weighted by atomic mass is 10.0. The van der Waals surface area contributed by atoms with E-state index in [0.29, 0.717) is 12.1 Å². The molecule has 7 heteroatoms. The number of carboxylic acid groups (broad SMARTS) is 1. The van der Waals surface area contributed by atoms with Gasteiger partial charge in [0, 0.05) is 30.7 Å². The van der Waals surface area contributed by atoms with Gasteiger partial charge in [-0.2, -0.15) is 0 Å². The molecule has 2 aromatic heterocycles. The van der Waals surface area contributed by atoms with Crippen molar-refractivity contribution in [2.45, 2.75) is 33.0 Å². The number of rotatable bonds is 6. The number of para-hydroxylation sites is 2. The second-order valence-electron chi connectivity index (χ2n) is 7.89. The maximum absolute atomic E-state index is 13.3. The highest BCUT2D eigenvalue weighted by Gasteiger charge is 2.26. The van der Waals surface area contributed by atoms with E-state index in [9.17, 15) is 19.8 Å². The number of hydrogen-bond acceptors (Lipinski definition) is 3. The number of aromatic nitrogens is 3. The topological polar surface area (TPSA) is 89.4 Å². The molecule has 2 N–H and O–H groups in total. The standard InChI is InChI=1S/C23H25N3O4/c1-14-7-6-10-20-21(14)16(11-24(20)3)12-25-18-8-4-5-9-19(18)26(23(25)30)13-17(15(2)27)22(28)29/h4-11,15,17,27H,12-13H2,1-3H3,(H,28,29). The molecule has 0 aliphatic carbocycles. The number of hydrogen-bond donors (Lipinski definition) is 2. The quantitative estimate of drug-likeness (QED) is 0.514. The van der Waals surface area contributed by atoms with Gasteiger partial charge in [0.05, 0.1) is 23.7 Å². The van der Waals surface area contributed by atoms with Crippen molar-refractivity contribution in [2.75, 3.05) is 0 Å². The lowest BCUT2D eigenvalue weighted by molar-refractivity contribution is -0.145. The van der Waals surface area contributed by atoms with E-state index < -0.39 is 18.0 Å². The molecule has 2 aromatic carbocycles. The van der Waals surface area contributed by atoms with Crippen LogP contribution in [0.2, 0.25) is 0 Å². The summed E-state index contributed by atoms with van der Waals surface area (Å²) in [6.07, 6.45) is 0.962. The van der Waals surface area contributed by atoms with Crippen LogP contribution in [0.15, 0.2) is 53.5 Å². The van der Waals surface area contributed by atoms with Crippen LogP contribution in [0.4, 0.5) is 0 Å². The van der Waals surface area contributed by atoms with E-state index in [1.54, 1.807) is 4.57 Å². The monoisotopic (exact) mass is 407 g/mol. The maximum atomic E-state index is 13.3. The summed E-state index contributed by atoms with van der Waals surface area (Å²) in [5, 5.41) is 20.5. The first-order valence-corrected chi connectivity index (χ1v) is 9.92. The lowest BCUT2D eigenvalue weighted by Gasteiger charge is -2.15. The van der Waals surface area contributed by atoms with Gasteiger partial charge in [-0.25, -0.2) is 4.79 Å². The van der Waals surface area contributed by atoms with Crippen LogP contribution in [-0.4, -0.2) is 36.0 Å². The van der Waals surface area contributed by atoms with Crippen LogP contribution in [0.25, 0.3) is 21.9 Å². The summed E-state index contributed by atoms with van der Waals surface area (Å²) < 4.78 is 5.19. The van der Waals surface area contributed by atoms with Crippen LogP contribution >= 0.6 is 0 Å². The van der Waals surface area contributed by atoms with Crippen molar-refractivity contribution in [1.29, 1.82) is 0 Å². The molecule has 4 rings (SSSR count). The largest absolute Gasteiger partial charge is 0.481 e. The molecule has 0 fully saturated rings. The molecule has 0 aliphatic rings. The number of aliphatic hydroxyl groups is 1. The Balaban J connectivity index is 1.87. The number of carboxylic acids is 1. The molecule has 0 saturated carbocycles. The van der Waals surface area contributed by atoms with Crippen LogP contribution in [0, 0.1) is 12.8 Å². The van der Waals surface area contributed by atoms with Crippen molar-refractivity contribution in [3.8, 4) is 0 Å². The number of aryl methyl sites for hydroxylation is 2. The summed E-state index contributed by atoms with van der Waals surface area (Å²) in [6.45, 7) is 3.77. The molecule has 0 radical (unpaired) electrons. The van der Waals surface area contributed by atoms with Gasteiger partial charge in [0.1, 0.15) is 5.92 Å². The second-order valence-corrected chi connectivity index (χ2v) is 7.89. The Morgan fingerprint density at radius 3 is 2.30 bits per heavy atom. The predicted octanol–water partition coefficient (Wildman–Crippen LogP) is 2.73. The Morgan fingerprint density at radius 1 is 1.03 bits per heavy atom. The molecule has 0 bridgehead atoms. The molecule has 0 spiro atoms. The minimum Gasteiger partial charge on any atom is -0.481 e. The Morgan fingerprint density at radius 2 is 1.67 bits per heavy atom. The molecule has 0 aliphatic heterocycles. The first-order chi connectivity index (χ1) is 14.3. The van der Waals surface area contributed by atoms with Crippen molar-refractivity contribution < 1.29 is 15.0 Å². The van der Waals surface area contributed by atoms with Crippen molar-refractivity contribution in [3.63, 3.8) is 0 Å². The Kier molecular flexibility index (Phi) is 4.99. The van der Waals surface area contributed by atoms with Crippen LogP contribution < -0.4 is 5.69 Å². The molecule has 156 valence electrons. The fourth-order valence-corrected chi connectivity index (χ4v) is 4.26. The summed E-state index contributed by atoms with van der Waals surface area (Å²) >= 11 is 0. The maximum Gasteiger partial charge on any atom is 0.329 e. The zero-order valence-electron chi connectivity index (χ0n) is 17.2. The zero-order valence-corrected chi connectivity index (χ0v) is 17.2. The Bertz CT molecular complexity index is 1310. The molecule has 30 heavy (non-hydrogen) atoms. The molecule has 2 atom stereocenters. The van der Waals surface area contributed by atoms with Crippen LogP contribution in [-0.2, 0) is 24.9 Å². The van der Waals surface area contributed by atoms with Crippen LogP contribution in [0.1, 0.15) is 18.1 Å². The van der Waals surface area contributed by atoms with E-state index in [0.717, 1.165) is 27.5 Å². The fourth-order valence-electron chi connectivity index (χ4n) is 4.26. The highest BCUT2D eigenvalue weighted by Crippen LogP contribution is 2.26. The number of imidazole rings is 1. The van der Waals surface area contributed by atoms with Crippen LogP contribution in [0.3, 0.4) is 0 Å². The summed E-state index contributed by atoms with van der Waals surface area (Å²) in [6, 6.07) is 13.5. The summed E-state index contributed by atoms with van der Waals surface area (Å²) in [5.74, 6) is -2.19. The van der Waals surface area contributed by atoms with Crippen LogP contribution in [0.5, 0.6) is 0 Å². The SMILES string of the molecule is Cc1cccc2c1c(Cn1c(=O)n(CC(C(=O)O)C(C)O)c3ccccc31)cn2C. The van der Waals surface area contributed by atoms with Crippen molar-refractivity contribution in [1.82, 2.24) is 13.7 Å². The molecular weight excluding hydrogens is 382 g/mol. The van der Waals surface area contributed by atoms with Gasteiger partial charge in [-0.3, -0.25) is 13.9 Å². The third-order valence-electron chi connectivity index (χ3n) is 5.83. The molecule has 4 aromatic rings. The zero-order chi connectivity index (χ0) is 21.6. The summed E-state index contributed by atoms with van der Waals surface area (Å²) in [5.41, 5.74) is 4.38. The number of benzene rings is 2. The van der Waals surface area contributed by atoms with Crippen molar-refractivity contribution in [3.05, 3.63) is 70.3 Å². The van der Waals surface area contributed by atoms with Gasteiger partial charge >= 0.3 is 11.7 Å². The molecule has 0 saturated heterocycles. The van der Waals surface area contributed by atoms with E-state index in [2.05, 4.69) is 23.6 Å². The van der Waals surface area contributed by atoms with Gasteiger partial charge in [0.15, 0.2) is 0 Å². The Hall–Kier alpha value is -3.32. The number of nitrogens with zero attached hydrogens (tertiary/aromatic N) is 3. The minimum atomic E-state index is -1.13. The van der Waals surface area contributed by atoms with Crippen molar-refractivity contribution >= 4 is 27.9 Å². The van der Waals surface area contributed by atoms with E-state index >= 15 is 0 Å². The highest BCUT2D eigenvalue weighted by molar-refractivity contribution is 5.87. The highest BCUT2D eigenvalue weighted by atomic mass is 16.4. The fraction of sp³-hybridized carbons (Fsp3) is 0.304. The van der Waals surface area contributed by atoms with Gasteiger partial charge in [0.2, 0.25) is 0 Å². The van der Waals surface area contributed by atoms with Gasteiger partial charge in [-0.1, -0.05) is 24.3 Å². The van der Waals surface area contributed by atoms with E-state index in [-0.39, 0.29) is 12.2 Å². The smallest absolute Gasteiger partial charge is 0.329 e.